The number of hydrogen-bond donors (Lipinski definition) is 1. The summed E-state index contributed by atoms with van der Waals surface area (Å²) >= 11 is 0. The van der Waals surface area contributed by atoms with Gasteiger partial charge in [0.05, 0.1) is 12.2 Å². The summed E-state index contributed by atoms with van der Waals surface area (Å²) in [6.07, 6.45) is 2.57. The second kappa shape index (κ2) is 8.46. The zero-order chi connectivity index (χ0) is 21.0. The molecule has 0 aromatic heterocycles. The first kappa shape index (κ1) is 19.8. The summed E-state index contributed by atoms with van der Waals surface area (Å²) in [6, 6.07) is 25.8. The molecule has 1 heterocycles. The van der Waals surface area contributed by atoms with Crippen LogP contribution in [-0.4, -0.2) is 24.0 Å². The van der Waals surface area contributed by atoms with Crippen LogP contribution < -0.4 is 10.1 Å². The van der Waals surface area contributed by atoms with E-state index >= 15 is 0 Å². The standard InChI is InChI=1S/C26H26N2O2/c1-3-18-28-25(29)21-13-7-9-15-23(21)27-26(28,2)22-14-8-10-16-24(22)30-19-17-20-11-5-4-6-12-20/h3-16,27H,1,17-19H2,2H3. The predicted octanol–water partition coefficient (Wildman–Crippen LogP) is 5.23. The van der Waals surface area contributed by atoms with Gasteiger partial charge in [-0.25, -0.2) is 0 Å². The van der Waals surface area contributed by atoms with Gasteiger partial charge < -0.3 is 15.0 Å². The van der Waals surface area contributed by atoms with Crippen molar-refractivity contribution in [1.29, 1.82) is 0 Å². The number of ether oxygens (including phenoxy) is 1. The summed E-state index contributed by atoms with van der Waals surface area (Å²) in [5, 5.41) is 3.58. The lowest BCUT2D eigenvalue weighted by atomic mass is 9.92. The molecule has 4 rings (SSSR count). The molecule has 0 fully saturated rings. The Morgan fingerprint density at radius 3 is 2.50 bits per heavy atom. The third-order valence-corrected chi connectivity index (χ3v) is 5.53. The minimum absolute atomic E-state index is 0.0224. The van der Waals surface area contributed by atoms with Crippen molar-refractivity contribution in [2.75, 3.05) is 18.5 Å². The summed E-state index contributed by atoms with van der Waals surface area (Å²) < 4.78 is 6.21. The Morgan fingerprint density at radius 1 is 1.00 bits per heavy atom. The van der Waals surface area contributed by atoms with Crippen LogP contribution >= 0.6 is 0 Å². The zero-order valence-corrected chi connectivity index (χ0v) is 17.2. The van der Waals surface area contributed by atoms with E-state index in [9.17, 15) is 4.79 Å². The normalized spacial score (nSPS) is 17.8. The van der Waals surface area contributed by atoms with Gasteiger partial charge in [-0.1, -0.05) is 66.7 Å². The largest absolute Gasteiger partial charge is 0.493 e. The van der Waals surface area contributed by atoms with Crippen LogP contribution in [0.4, 0.5) is 5.69 Å². The number of rotatable bonds is 7. The monoisotopic (exact) mass is 398 g/mol. The minimum atomic E-state index is -0.761. The maximum absolute atomic E-state index is 13.3. The van der Waals surface area contributed by atoms with Gasteiger partial charge in [0, 0.05) is 24.2 Å². The fourth-order valence-corrected chi connectivity index (χ4v) is 3.98. The second-order valence-electron chi connectivity index (χ2n) is 7.53. The summed E-state index contributed by atoms with van der Waals surface area (Å²) in [7, 11) is 0. The van der Waals surface area contributed by atoms with Gasteiger partial charge in [0.1, 0.15) is 11.4 Å². The van der Waals surface area contributed by atoms with E-state index < -0.39 is 5.66 Å². The molecule has 1 atom stereocenters. The molecule has 3 aromatic rings. The Labute approximate surface area is 177 Å². The van der Waals surface area contributed by atoms with Gasteiger partial charge in [-0.3, -0.25) is 4.79 Å². The highest BCUT2D eigenvalue weighted by molar-refractivity contribution is 6.02. The number of amides is 1. The number of fused-ring (bicyclic) bond motifs is 1. The van der Waals surface area contributed by atoms with Crippen molar-refractivity contribution in [1.82, 2.24) is 4.90 Å². The van der Waals surface area contributed by atoms with Crippen LogP contribution in [0.5, 0.6) is 5.75 Å². The van der Waals surface area contributed by atoms with Crippen molar-refractivity contribution in [3.63, 3.8) is 0 Å². The summed E-state index contributed by atoms with van der Waals surface area (Å²) in [5.74, 6) is 0.746. The van der Waals surface area contributed by atoms with E-state index in [2.05, 4.69) is 24.0 Å². The molecule has 1 N–H and O–H groups in total. The minimum Gasteiger partial charge on any atom is -0.493 e. The molecular formula is C26H26N2O2. The number of hydrogen-bond acceptors (Lipinski definition) is 3. The van der Waals surface area contributed by atoms with Crippen molar-refractivity contribution in [2.45, 2.75) is 19.0 Å². The van der Waals surface area contributed by atoms with Crippen molar-refractivity contribution in [2.24, 2.45) is 0 Å². The van der Waals surface area contributed by atoms with Crippen LogP contribution in [0.3, 0.4) is 0 Å². The highest BCUT2D eigenvalue weighted by Crippen LogP contribution is 2.41. The molecule has 0 saturated heterocycles. The van der Waals surface area contributed by atoms with E-state index in [1.54, 1.807) is 6.08 Å². The molecule has 0 saturated carbocycles. The van der Waals surface area contributed by atoms with Crippen LogP contribution in [0, 0.1) is 0 Å². The maximum atomic E-state index is 13.3. The Balaban J connectivity index is 1.66. The molecule has 0 bridgehead atoms. The third kappa shape index (κ3) is 3.69. The topological polar surface area (TPSA) is 41.6 Å². The molecule has 0 aliphatic carbocycles. The zero-order valence-electron chi connectivity index (χ0n) is 17.2. The molecule has 152 valence electrons. The molecule has 4 heteroatoms. The van der Waals surface area contributed by atoms with Crippen LogP contribution in [-0.2, 0) is 12.1 Å². The van der Waals surface area contributed by atoms with Crippen LogP contribution in [0.25, 0.3) is 0 Å². The predicted molar refractivity (Wildman–Crippen MR) is 121 cm³/mol. The van der Waals surface area contributed by atoms with Gasteiger partial charge in [-0.05, 0) is 30.7 Å². The van der Waals surface area contributed by atoms with E-state index in [4.69, 9.17) is 4.74 Å². The average Bonchev–Trinajstić information content (AvgIpc) is 2.78. The molecule has 30 heavy (non-hydrogen) atoms. The number of nitrogens with one attached hydrogen (secondary N) is 1. The molecule has 4 nitrogen and oxygen atoms in total. The number of carbonyl (C=O) groups excluding carboxylic acids is 1. The van der Waals surface area contributed by atoms with Gasteiger partial charge in [0.25, 0.3) is 5.91 Å². The highest BCUT2D eigenvalue weighted by atomic mass is 16.5. The second-order valence-corrected chi connectivity index (χ2v) is 7.53. The molecular weight excluding hydrogens is 372 g/mol. The van der Waals surface area contributed by atoms with E-state index in [1.165, 1.54) is 5.56 Å². The number of anilines is 1. The van der Waals surface area contributed by atoms with Crippen molar-refractivity contribution in [3.05, 3.63) is 108 Å². The van der Waals surface area contributed by atoms with Crippen molar-refractivity contribution in [3.8, 4) is 5.75 Å². The van der Waals surface area contributed by atoms with Gasteiger partial charge in [0.2, 0.25) is 0 Å². The molecule has 1 unspecified atom stereocenters. The van der Waals surface area contributed by atoms with E-state index in [0.29, 0.717) is 18.7 Å². The Hall–Kier alpha value is -3.53. The smallest absolute Gasteiger partial charge is 0.258 e. The number of carbonyl (C=O) groups is 1. The van der Waals surface area contributed by atoms with E-state index in [0.717, 1.165) is 23.4 Å². The number of nitrogens with zero attached hydrogens (tertiary/aromatic N) is 1. The fraction of sp³-hybridized carbons (Fsp3) is 0.192. The summed E-state index contributed by atoms with van der Waals surface area (Å²) in [6.45, 7) is 6.86. The molecule has 1 aliphatic rings. The fourth-order valence-electron chi connectivity index (χ4n) is 3.98. The van der Waals surface area contributed by atoms with Gasteiger partial charge in [-0.2, -0.15) is 0 Å². The Kier molecular flexibility index (Phi) is 5.57. The van der Waals surface area contributed by atoms with Crippen molar-refractivity contribution < 1.29 is 9.53 Å². The average molecular weight is 399 g/mol. The van der Waals surface area contributed by atoms with Crippen molar-refractivity contribution >= 4 is 11.6 Å². The van der Waals surface area contributed by atoms with Gasteiger partial charge in [-0.15, -0.1) is 6.58 Å². The summed E-state index contributed by atoms with van der Waals surface area (Å²) in [4.78, 5) is 15.1. The number of para-hydroxylation sites is 2. The SMILES string of the molecule is C=CCN1C(=O)c2ccccc2NC1(C)c1ccccc1OCCc1ccccc1. The molecule has 1 amide bonds. The van der Waals surface area contributed by atoms with Gasteiger partial charge in [0.15, 0.2) is 0 Å². The first-order chi connectivity index (χ1) is 14.6. The highest BCUT2D eigenvalue weighted by Gasteiger charge is 2.43. The van der Waals surface area contributed by atoms with E-state index in [1.807, 2.05) is 78.6 Å². The van der Waals surface area contributed by atoms with Crippen LogP contribution in [0.15, 0.2) is 91.5 Å². The van der Waals surface area contributed by atoms with Crippen LogP contribution in [0.2, 0.25) is 0 Å². The maximum Gasteiger partial charge on any atom is 0.258 e. The Bertz CT molecular complexity index is 1050. The molecule has 1 aliphatic heterocycles. The van der Waals surface area contributed by atoms with E-state index in [-0.39, 0.29) is 5.91 Å². The summed E-state index contributed by atoms with van der Waals surface area (Å²) in [5.41, 5.74) is 2.88. The lowest BCUT2D eigenvalue weighted by Gasteiger charge is -2.46. The molecule has 3 aromatic carbocycles. The quantitative estimate of drug-likeness (QED) is 0.554. The number of benzene rings is 3. The first-order valence-electron chi connectivity index (χ1n) is 10.2. The van der Waals surface area contributed by atoms with Crippen LogP contribution in [0.1, 0.15) is 28.4 Å². The Morgan fingerprint density at radius 2 is 1.70 bits per heavy atom. The third-order valence-electron chi connectivity index (χ3n) is 5.53. The first-order valence-corrected chi connectivity index (χ1v) is 10.2. The molecule has 0 radical (unpaired) electrons. The lowest BCUT2D eigenvalue weighted by Crippen LogP contribution is -2.56. The molecule has 0 spiro atoms. The lowest BCUT2D eigenvalue weighted by molar-refractivity contribution is 0.0567. The van der Waals surface area contributed by atoms with Gasteiger partial charge >= 0.3 is 0 Å².